The minimum Gasteiger partial charge on any atom is -0.379 e. The first kappa shape index (κ1) is 23.0. The Bertz CT molecular complexity index is 1070. The number of benzene rings is 2. The van der Waals surface area contributed by atoms with Gasteiger partial charge in [0.1, 0.15) is 5.82 Å². The molecule has 6 nitrogen and oxygen atoms in total. The van der Waals surface area contributed by atoms with Crippen molar-refractivity contribution in [3.05, 3.63) is 62.9 Å². The van der Waals surface area contributed by atoms with Crippen molar-refractivity contribution in [3.8, 4) is 0 Å². The Hall–Kier alpha value is -1.71. The summed E-state index contributed by atoms with van der Waals surface area (Å²) < 4.78 is 46.4. The first-order chi connectivity index (χ1) is 14.1. The van der Waals surface area contributed by atoms with Crippen LogP contribution < -0.4 is 5.32 Å². The van der Waals surface area contributed by atoms with Crippen LogP contribution in [-0.2, 0) is 14.8 Å². The van der Waals surface area contributed by atoms with E-state index in [-0.39, 0.29) is 33.6 Å². The highest BCUT2D eigenvalue weighted by molar-refractivity contribution is 7.89. The second kappa shape index (κ2) is 9.20. The third-order valence-electron chi connectivity index (χ3n) is 4.89. The van der Waals surface area contributed by atoms with Crippen LogP contribution in [0, 0.1) is 12.7 Å². The minimum atomic E-state index is -3.76. The van der Waals surface area contributed by atoms with Crippen molar-refractivity contribution >= 4 is 39.1 Å². The lowest BCUT2D eigenvalue weighted by Gasteiger charge is -2.27. The third-order valence-corrected chi connectivity index (χ3v) is 7.55. The topological polar surface area (TPSA) is 75.7 Å². The van der Waals surface area contributed by atoms with E-state index in [4.69, 9.17) is 27.9 Å². The predicted octanol–water partition coefficient (Wildman–Crippen LogP) is 3.95. The van der Waals surface area contributed by atoms with Gasteiger partial charge in [0.2, 0.25) is 10.0 Å². The molecule has 0 aromatic heterocycles. The van der Waals surface area contributed by atoms with Crippen molar-refractivity contribution in [2.24, 2.45) is 0 Å². The van der Waals surface area contributed by atoms with Crippen molar-refractivity contribution in [2.75, 3.05) is 26.3 Å². The Balaban J connectivity index is 1.85. The monoisotopic (exact) mass is 474 g/mol. The molecular weight excluding hydrogens is 454 g/mol. The van der Waals surface area contributed by atoms with Crippen LogP contribution in [0.25, 0.3) is 0 Å². The molecule has 2 aromatic carbocycles. The standard InChI is InChI=1S/C20H21Cl2FN2O4S/c1-12-3-4-14(9-19(12)30(27,28)25-5-7-29-8-6-25)20(26)24-13(2)15-10-18(23)17(22)11-16(15)21/h3-4,9-11,13H,5-8H2,1-2H3,(H,24,26). The molecule has 1 N–H and O–H groups in total. The second-order valence-corrected chi connectivity index (χ2v) is 9.70. The van der Waals surface area contributed by atoms with Gasteiger partial charge in [0.15, 0.2) is 0 Å². The summed E-state index contributed by atoms with van der Waals surface area (Å²) in [5.41, 5.74) is 1.07. The molecule has 1 fully saturated rings. The van der Waals surface area contributed by atoms with E-state index in [2.05, 4.69) is 5.32 Å². The number of sulfonamides is 1. The normalized spacial score (nSPS) is 16.3. The Kier molecular flexibility index (Phi) is 7.04. The van der Waals surface area contributed by atoms with Crippen molar-refractivity contribution in [1.29, 1.82) is 0 Å². The number of hydrogen-bond acceptors (Lipinski definition) is 4. The number of aryl methyl sites for hydroxylation is 1. The number of nitrogens with zero attached hydrogens (tertiary/aromatic N) is 1. The van der Waals surface area contributed by atoms with Crippen LogP contribution in [0.1, 0.15) is 34.5 Å². The zero-order valence-electron chi connectivity index (χ0n) is 16.4. The molecule has 10 heteroatoms. The number of ether oxygens (including phenoxy) is 1. The average Bonchev–Trinajstić information content (AvgIpc) is 2.71. The molecule has 0 aliphatic carbocycles. The first-order valence-corrected chi connectivity index (χ1v) is 11.4. The largest absolute Gasteiger partial charge is 0.379 e. The average molecular weight is 475 g/mol. The van der Waals surface area contributed by atoms with Gasteiger partial charge >= 0.3 is 0 Å². The van der Waals surface area contributed by atoms with Gasteiger partial charge in [-0.2, -0.15) is 4.31 Å². The summed E-state index contributed by atoms with van der Waals surface area (Å²) in [6, 6.07) is 6.29. The lowest BCUT2D eigenvalue weighted by Crippen LogP contribution is -2.41. The number of hydrogen-bond donors (Lipinski definition) is 1. The van der Waals surface area contributed by atoms with Gasteiger partial charge in [-0.1, -0.05) is 29.3 Å². The van der Waals surface area contributed by atoms with Gasteiger partial charge in [0.25, 0.3) is 5.91 Å². The van der Waals surface area contributed by atoms with E-state index < -0.39 is 27.8 Å². The van der Waals surface area contributed by atoms with Gasteiger partial charge in [-0.05, 0) is 49.2 Å². The molecule has 0 spiro atoms. The maximum atomic E-state index is 13.8. The molecule has 2 aromatic rings. The van der Waals surface area contributed by atoms with Crippen LogP contribution in [0.5, 0.6) is 0 Å². The van der Waals surface area contributed by atoms with Crippen LogP contribution in [0.2, 0.25) is 10.0 Å². The molecule has 1 amide bonds. The SMILES string of the molecule is Cc1ccc(C(=O)NC(C)c2cc(F)c(Cl)cc2Cl)cc1S(=O)(=O)N1CCOCC1. The third kappa shape index (κ3) is 4.78. The number of halogens is 3. The van der Waals surface area contributed by atoms with Crippen LogP contribution in [-0.4, -0.2) is 44.9 Å². The summed E-state index contributed by atoms with van der Waals surface area (Å²) in [5, 5.41) is 2.82. The highest BCUT2D eigenvalue weighted by Gasteiger charge is 2.28. The Morgan fingerprint density at radius 3 is 2.50 bits per heavy atom. The van der Waals surface area contributed by atoms with E-state index in [1.54, 1.807) is 26.0 Å². The molecule has 0 radical (unpaired) electrons. The number of nitrogens with one attached hydrogen (secondary N) is 1. The molecule has 1 heterocycles. The molecule has 1 atom stereocenters. The molecule has 1 aliphatic rings. The fourth-order valence-electron chi connectivity index (χ4n) is 3.17. The highest BCUT2D eigenvalue weighted by atomic mass is 35.5. The number of amides is 1. The number of carbonyl (C=O) groups excluding carboxylic acids is 1. The van der Waals surface area contributed by atoms with Gasteiger partial charge in [0, 0.05) is 23.7 Å². The van der Waals surface area contributed by atoms with Crippen LogP contribution in [0.4, 0.5) is 4.39 Å². The van der Waals surface area contributed by atoms with Gasteiger partial charge in [-0.3, -0.25) is 4.79 Å². The van der Waals surface area contributed by atoms with Crippen LogP contribution in [0.15, 0.2) is 35.2 Å². The molecular formula is C20H21Cl2FN2O4S. The van der Waals surface area contributed by atoms with E-state index in [1.165, 1.54) is 22.5 Å². The van der Waals surface area contributed by atoms with Gasteiger partial charge in [0.05, 0.1) is 29.2 Å². The number of carbonyl (C=O) groups is 1. The lowest BCUT2D eigenvalue weighted by atomic mass is 10.1. The van der Waals surface area contributed by atoms with Crippen molar-refractivity contribution in [1.82, 2.24) is 9.62 Å². The maximum Gasteiger partial charge on any atom is 0.251 e. The molecule has 30 heavy (non-hydrogen) atoms. The van der Waals surface area contributed by atoms with E-state index in [1.807, 2.05) is 0 Å². The van der Waals surface area contributed by atoms with E-state index in [9.17, 15) is 17.6 Å². The fraction of sp³-hybridized carbons (Fsp3) is 0.350. The summed E-state index contributed by atoms with van der Waals surface area (Å²) in [4.78, 5) is 12.8. The van der Waals surface area contributed by atoms with Gasteiger partial charge in [-0.25, -0.2) is 12.8 Å². The molecule has 0 saturated carbocycles. The van der Waals surface area contributed by atoms with Crippen molar-refractivity contribution < 1.29 is 22.3 Å². The first-order valence-electron chi connectivity index (χ1n) is 9.25. The zero-order valence-corrected chi connectivity index (χ0v) is 18.7. The summed E-state index contributed by atoms with van der Waals surface area (Å²) in [7, 11) is -3.76. The van der Waals surface area contributed by atoms with E-state index >= 15 is 0 Å². The predicted molar refractivity (Wildman–Crippen MR) is 113 cm³/mol. The van der Waals surface area contributed by atoms with E-state index in [0.717, 1.165) is 0 Å². The van der Waals surface area contributed by atoms with Crippen LogP contribution in [0.3, 0.4) is 0 Å². The quantitative estimate of drug-likeness (QED) is 0.665. The molecule has 1 unspecified atom stereocenters. The molecule has 0 bridgehead atoms. The second-order valence-electron chi connectivity index (χ2n) is 6.98. The summed E-state index contributed by atoms with van der Waals surface area (Å²) in [6.45, 7) is 4.49. The molecule has 162 valence electrons. The molecule has 1 saturated heterocycles. The number of morpholine rings is 1. The highest BCUT2D eigenvalue weighted by Crippen LogP contribution is 2.29. The van der Waals surface area contributed by atoms with Crippen molar-refractivity contribution in [2.45, 2.75) is 24.8 Å². The summed E-state index contributed by atoms with van der Waals surface area (Å²) in [5.74, 6) is -1.15. The smallest absolute Gasteiger partial charge is 0.251 e. The Morgan fingerprint density at radius 1 is 1.17 bits per heavy atom. The zero-order chi connectivity index (χ0) is 22.1. The lowest BCUT2D eigenvalue weighted by molar-refractivity contribution is 0.0730. The maximum absolute atomic E-state index is 13.8. The number of rotatable bonds is 5. The van der Waals surface area contributed by atoms with Crippen LogP contribution >= 0.6 is 23.2 Å². The summed E-state index contributed by atoms with van der Waals surface area (Å²) in [6.07, 6.45) is 0. The van der Waals surface area contributed by atoms with E-state index in [0.29, 0.717) is 24.3 Å². The molecule has 3 rings (SSSR count). The van der Waals surface area contributed by atoms with Crippen molar-refractivity contribution in [3.63, 3.8) is 0 Å². The minimum absolute atomic E-state index is 0.0697. The fourth-order valence-corrected chi connectivity index (χ4v) is 5.38. The Labute approximate surface area is 185 Å². The van der Waals surface area contributed by atoms with Gasteiger partial charge < -0.3 is 10.1 Å². The Morgan fingerprint density at radius 2 is 1.83 bits per heavy atom. The summed E-state index contributed by atoms with van der Waals surface area (Å²) >= 11 is 11.8. The molecule has 1 aliphatic heterocycles. The van der Waals surface area contributed by atoms with Gasteiger partial charge in [-0.15, -0.1) is 0 Å².